The number of nitrogens with two attached hydrogens (primary N) is 1. The summed E-state index contributed by atoms with van der Waals surface area (Å²) in [6.45, 7) is 0. The summed E-state index contributed by atoms with van der Waals surface area (Å²) >= 11 is 0. The Morgan fingerprint density at radius 3 is 2.50 bits per heavy atom. The van der Waals surface area contributed by atoms with Gasteiger partial charge in [-0.1, -0.05) is 0 Å². The third-order valence-corrected chi connectivity index (χ3v) is 2.73. The number of phenolic OH excluding ortho intramolecular Hbond substituents is 2. The third kappa shape index (κ3) is 2.74. The fraction of sp³-hybridized carbons (Fsp3) is 0.0714. The topological polar surface area (TPSA) is 105 Å². The van der Waals surface area contributed by atoms with Crippen LogP contribution in [-0.4, -0.2) is 23.2 Å². The summed E-state index contributed by atoms with van der Waals surface area (Å²) in [5.74, 6) is -0.544. The molecule has 20 heavy (non-hydrogen) atoms. The fourth-order valence-electron chi connectivity index (χ4n) is 1.68. The minimum atomic E-state index is -0.426. The molecule has 5 N–H and O–H groups in total. The number of amides is 1. The van der Waals surface area contributed by atoms with Gasteiger partial charge in [-0.3, -0.25) is 4.79 Å². The van der Waals surface area contributed by atoms with E-state index in [1.165, 1.54) is 25.3 Å². The molecule has 6 nitrogen and oxygen atoms in total. The predicted octanol–water partition coefficient (Wildman–Crippen LogP) is 1.94. The summed E-state index contributed by atoms with van der Waals surface area (Å²) in [5, 5.41) is 21.2. The number of carbonyl (C=O) groups is 1. The highest BCUT2D eigenvalue weighted by Crippen LogP contribution is 2.27. The first-order chi connectivity index (χ1) is 9.51. The van der Waals surface area contributed by atoms with E-state index in [2.05, 4.69) is 5.32 Å². The normalized spacial score (nSPS) is 10.1. The van der Waals surface area contributed by atoms with Gasteiger partial charge < -0.3 is 26.0 Å². The Labute approximate surface area is 115 Å². The minimum absolute atomic E-state index is 0.217. The zero-order valence-corrected chi connectivity index (χ0v) is 10.8. The second kappa shape index (κ2) is 5.40. The zero-order valence-electron chi connectivity index (χ0n) is 10.8. The zero-order chi connectivity index (χ0) is 14.7. The van der Waals surface area contributed by atoms with Gasteiger partial charge in [0.1, 0.15) is 5.75 Å². The Morgan fingerprint density at radius 2 is 1.90 bits per heavy atom. The first-order valence-corrected chi connectivity index (χ1v) is 5.78. The third-order valence-electron chi connectivity index (χ3n) is 2.73. The summed E-state index contributed by atoms with van der Waals surface area (Å²) in [5.41, 5.74) is 6.86. The van der Waals surface area contributed by atoms with Gasteiger partial charge in [0.05, 0.1) is 12.8 Å². The second-order valence-corrected chi connectivity index (χ2v) is 4.11. The van der Waals surface area contributed by atoms with Crippen LogP contribution in [0.3, 0.4) is 0 Å². The van der Waals surface area contributed by atoms with Crippen LogP contribution < -0.4 is 15.8 Å². The molecule has 0 bridgehead atoms. The lowest BCUT2D eigenvalue weighted by Crippen LogP contribution is -2.12. The van der Waals surface area contributed by atoms with E-state index in [0.717, 1.165) is 0 Å². The molecule has 0 aromatic heterocycles. The van der Waals surface area contributed by atoms with Gasteiger partial charge in [0, 0.05) is 11.3 Å². The average molecular weight is 274 g/mol. The van der Waals surface area contributed by atoms with Gasteiger partial charge in [-0.05, 0) is 36.4 Å². The lowest BCUT2D eigenvalue weighted by atomic mass is 10.2. The highest BCUT2D eigenvalue weighted by molar-refractivity contribution is 6.04. The number of benzene rings is 2. The number of aromatic hydroxyl groups is 2. The molecule has 2 aromatic carbocycles. The molecular formula is C14H14N2O4. The molecule has 1 amide bonds. The molecule has 0 unspecified atom stereocenters. The molecule has 2 aromatic rings. The van der Waals surface area contributed by atoms with Crippen molar-refractivity contribution < 1.29 is 19.7 Å². The Morgan fingerprint density at radius 1 is 1.15 bits per heavy atom. The molecule has 0 radical (unpaired) electrons. The van der Waals surface area contributed by atoms with Crippen molar-refractivity contribution >= 4 is 17.3 Å². The van der Waals surface area contributed by atoms with Gasteiger partial charge >= 0.3 is 0 Å². The van der Waals surface area contributed by atoms with E-state index in [0.29, 0.717) is 17.1 Å². The van der Waals surface area contributed by atoms with Crippen LogP contribution in [0.4, 0.5) is 11.4 Å². The van der Waals surface area contributed by atoms with Crippen LogP contribution >= 0.6 is 0 Å². The standard InChI is InChI=1S/C14H14N2O4/c1-20-13-5-3-9(7-10(13)15)16-14(19)8-2-4-11(17)12(18)6-8/h2-7,17-18H,15H2,1H3,(H,16,19). The van der Waals surface area contributed by atoms with E-state index in [9.17, 15) is 15.0 Å². The van der Waals surface area contributed by atoms with Gasteiger partial charge in [0.25, 0.3) is 5.91 Å². The molecule has 0 atom stereocenters. The number of hydrogen-bond donors (Lipinski definition) is 4. The lowest BCUT2D eigenvalue weighted by molar-refractivity contribution is 0.102. The summed E-state index contributed by atoms with van der Waals surface area (Å²) < 4.78 is 5.02. The van der Waals surface area contributed by atoms with E-state index in [-0.39, 0.29) is 17.1 Å². The summed E-state index contributed by atoms with van der Waals surface area (Å²) in [6, 6.07) is 8.67. The maximum absolute atomic E-state index is 12.0. The maximum Gasteiger partial charge on any atom is 0.255 e. The van der Waals surface area contributed by atoms with Crippen LogP contribution in [0.15, 0.2) is 36.4 Å². The van der Waals surface area contributed by atoms with Crippen molar-refractivity contribution in [1.29, 1.82) is 0 Å². The quantitative estimate of drug-likeness (QED) is 0.505. The molecule has 0 aliphatic rings. The Bertz CT molecular complexity index is 656. The number of nitrogens with one attached hydrogen (secondary N) is 1. The molecule has 0 saturated carbocycles. The van der Waals surface area contributed by atoms with Crippen molar-refractivity contribution in [2.24, 2.45) is 0 Å². The van der Waals surface area contributed by atoms with Crippen molar-refractivity contribution in [3.05, 3.63) is 42.0 Å². The first kappa shape index (κ1) is 13.5. The number of ether oxygens (including phenoxy) is 1. The van der Waals surface area contributed by atoms with Crippen molar-refractivity contribution in [2.45, 2.75) is 0 Å². The number of rotatable bonds is 3. The number of phenols is 2. The summed E-state index contributed by atoms with van der Waals surface area (Å²) in [6.07, 6.45) is 0. The fourth-order valence-corrected chi connectivity index (χ4v) is 1.68. The summed E-state index contributed by atoms with van der Waals surface area (Å²) in [4.78, 5) is 12.0. The second-order valence-electron chi connectivity index (χ2n) is 4.11. The molecule has 0 spiro atoms. The number of nitrogen functional groups attached to an aromatic ring is 1. The van der Waals surface area contributed by atoms with E-state index in [4.69, 9.17) is 10.5 Å². The Kier molecular flexibility index (Phi) is 3.65. The lowest BCUT2D eigenvalue weighted by Gasteiger charge is -2.09. The molecule has 0 aliphatic heterocycles. The van der Waals surface area contributed by atoms with Crippen molar-refractivity contribution in [3.63, 3.8) is 0 Å². The Balaban J connectivity index is 2.19. The highest BCUT2D eigenvalue weighted by atomic mass is 16.5. The largest absolute Gasteiger partial charge is 0.504 e. The molecular weight excluding hydrogens is 260 g/mol. The van der Waals surface area contributed by atoms with Gasteiger partial charge in [-0.15, -0.1) is 0 Å². The number of carbonyl (C=O) groups excluding carboxylic acids is 1. The minimum Gasteiger partial charge on any atom is -0.504 e. The van der Waals surface area contributed by atoms with Crippen molar-refractivity contribution in [3.8, 4) is 17.2 Å². The van der Waals surface area contributed by atoms with Crippen LogP contribution in [0.5, 0.6) is 17.2 Å². The SMILES string of the molecule is COc1ccc(NC(=O)c2ccc(O)c(O)c2)cc1N. The van der Waals surface area contributed by atoms with Crippen LogP contribution in [0, 0.1) is 0 Å². The molecule has 0 aliphatic carbocycles. The number of hydrogen-bond acceptors (Lipinski definition) is 5. The maximum atomic E-state index is 12.0. The van der Waals surface area contributed by atoms with Crippen LogP contribution in [0.2, 0.25) is 0 Å². The van der Waals surface area contributed by atoms with Gasteiger partial charge in [-0.2, -0.15) is 0 Å². The molecule has 6 heteroatoms. The smallest absolute Gasteiger partial charge is 0.255 e. The van der Waals surface area contributed by atoms with E-state index in [1.54, 1.807) is 18.2 Å². The number of methoxy groups -OCH3 is 1. The van der Waals surface area contributed by atoms with Crippen molar-refractivity contribution in [2.75, 3.05) is 18.2 Å². The van der Waals surface area contributed by atoms with Gasteiger partial charge in [0.15, 0.2) is 11.5 Å². The Hall–Kier alpha value is -2.89. The number of anilines is 2. The monoisotopic (exact) mass is 274 g/mol. The van der Waals surface area contributed by atoms with Crippen LogP contribution in [0.1, 0.15) is 10.4 Å². The summed E-state index contributed by atoms with van der Waals surface area (Å²) in [7, 11) is 1.50. The van der Waals surface area contributed by atoms with E-state index < -0.39 is 5.91 Å². The van der Waals surface area contributed by atoms with Crippen molar-refractivity contribution in [1.82, 2.24) is 0 Å². The van der Waals surface area contributed by atoms with E-state index >= 15 is 0 Å². The van der Waals surface area contributed by atoms with Crippen LogP contribution in [-0.2, 0) is 0 Å². The molecule has 2 rings (SSSR count). The molecule has 0 fully saturated rings. The molecule has 0 saturated heterocycles. The van der Waals surface area contributed by atoms with Gasteiger partial charge in [-0.25, -0.2) is 0 Å². The average Bonchev–Trinajstić information content (AvgIpc) is 2.42. The highest BCUT2D eigenvalue weighted by Gasteiger charge is 2.10. The van der Waals surface area contributed by atoms with Gasteiger partial charge in [0.2, 0.25) is 0 Å². The van der Waals surface area contributed by atoms with E-state index in [1.807, 2.05) is 0 Å². The first-order valence-electron chi connectivity index (χ1n) is 5.78. The molecule has 0 heterocycles. The predicted molar refractivity (Wildman–Crippen MR) is 75.1 cm³/mol. The van der Waals surface area contributed by atoms with Crippen LogP contribution in [0.25, 0.3) is 0 Å². The molecule has 104 valence electrons.